The zero-order valence-corrected chi connectivity index (χ0v) is 9.44. The standard InChI is InChI=1S/C12H17N3O/c1-2-10(8-11-4-3-7-16-11)15-9-12-13-5-6-14-12/h3-7,10,15H,2,8-9H2,1H3,(H,13,14)/t10-/m0/s1. The summed E-state index contributed by atoms with van der Waals surface area (Å²) in [5, 5.41) is 3.46. The molecule has 0 aliphatic carbocycles. The van der Waals surface area contributed by atoms with E-state index in [-0.39, 0.29) is 0 Å². The van der Waals surface area contributed by atoms with Crippen molar-refractivity contribution in [3.8, 4) is 0 Å². The lowest BCUT2D eigenvalue weighted by atomic mass is 10.1. The first-order valence-corrected chi connectivity index (χ1v) is 5.62. The molecule has 2 rings (SSSR count). The molecule has 4 nitrogen and oxygen atoms in total. The Bertz CT molecular complexity index is 380. The van der Waals surface area contributed by atoms with Crippen molar-refractivity contribution in [1.29, 1.82) is 0 Å². The van der Waals surface area contributed by atoms with Gasteiger partial charge in [0, 0.05) is 24.9 Å². The SMILES string of the molecule is CC[C@@H](Cc1ccco1)NCc1ncc[nH]1. The third kappa shape index (κ3) is 2.97. The number of imidazole rings is 1. The van der Waals surface area contributed by atoms with Crippen LogP contribution in [0.2, 0.25) is 0 Å². The first-order valence-electron chi connectivity index (χ1n) is 5.62. The molecule has 2 heterocycles. The molecular weight excluding hydrogens is 202 g/mol. The Kier molecular flexibility index (Phi) is 3.77. The number of aromatic amines is 1. The average Bonchev–Trinajstić information content (AvgIpc) is 2.97. The van der Waals surface area contributed by atoms with Crippen LogP contribution in [0.5, 0.6) is 0 Å². The Labute approximate surface area is 95.1 Å². The molecular formula is C12H17N3O. The van der Waals surface area contributed by atoms with Crippen LogP contribution in [0.3, 0.4) is 0 Å². The minimum absolute atomic E-state index is 0.427. The van der Waals surface area contributed by atoms with Gasteiger partial charge in [-0.1, -0.05) is 6.92 Å². The van der Waals surface area contributed by atoms with Gasteiger partial charge in [-0.15, -0.1) is 0 Å². The van der Waals surface area contributed by atoms with E-state index < -0.39 is 0 Å². The lowest BCUT2D eigenvalue weighted by molar-refractivity contribution is 0.429. The number of rotatable bonds is 6. The summed E-state index contributed by atoms with van der Waals surface area (Å²) in [5.74, 6) is 2.00. The van der Waals surface area contributed by atoms with E-state index in [1.165, 1.54) is 0 Å². The molecule has 0 amide bonds. The Balaban J connectivity index is 1.81. The van der Waals surface area contributed by atoms with Gasteiger partial charge in [-0.05, 0) is 18.6 Å². The van der Waals surface area contributed by atoms with Gasteiger partial charge in [0.15, 0.2) is 0 Å². The van der Waals surface area contributed by atoms with Crippen molar-refractivity contribution in [3.05, 3.63) is 42.4 Å². The van der Waals surface area contributed by atoms with Crippen LogP contribution in [0.4, 0.5) is 0 Å². The van der Waals surface area contributed by atoms with E-state index in [1.807, 2.05) is 18.3 Å². The monoisotopic (exact) mass is 219 g/mol. The molecule has 0 unspecified atom stereocenters. The Hall–Kier alpha value is -1.55. The molecule has 0 spiro atoms. The summed E-state index contributed by atoms with van der Waals surface area (Å²) in [7, 11) is 0. The smallest absolute Gasteiger partial charge is 0.120 e. The molecule has 0 fully saturated rings. The highest BCUT2D eigenvalue weighted by Gasteiger charge is 2.08. The first-order chi connectivity index (χ1) is 7.88. The highest BCUT2D eigenvalue weighted by Crippen LogP contribution is 2.06. The van der Waals surface area contributed by atoms with Gasteiger partial charge in [0.25, 0.3) is 0 Å². The molecule has 0 bridgehead atoms. The van der Waals surface area contributed by atoms with E-state index in [4.69, 9.17) is 4.42 Å². The maximum Gasteiger partial charge on any atom is 0.120 e. The van der Waals surface area contributed by atoms with Gasteiger partial charge in [-0.3, -0.25) is 0 Å². The van der Waals surface area contributed by atoms with Gasteiger partial charge in [-0.2, -0.15) is 0 Å². The van der Waals surface area contributed by atoms with Gasteiger partial charge in [-0.25, -0.2) is 4.98 Å². The summed E-state index contributed by atoms with van der Waals surface area (Å²) in [6.45, 7) is 2.94. The van der Waals surface area contributed by atoms with Gasteiger partial charge in [0.05, 0.1) is 12.8 Å². The maximum absolute atomic E-state index is 5.34. The van der Waals surface area contributed by atoms with Crippen LogP contribution in [0, 0.1) is 0 Å². The fourth-order valence-electron chi connectivity index (χ4n) is 1.67. The Morgan fingerprint density at radius 1 is 1.56 bits per heavy atom. The molecule has 0 aliphatic heterocycles. The summed E-state index contributed by atoms with van der Waals surface area (Å²) in [5.41, 5.74) is 0. The topological polar surface area (TPSA) is 53.9 Å². The van der Waals surface area contributed by atoms with E-state index in [0.29, 0.717) is 6.04 Å². The van der Waals surface area contributed by atoms with E-state index >= 15 is 0 Å². The van der Waals surface area contributed by atoms with E-state index in [0.717, 1.165) is 31.0 Å². The van der Waals surface area contributed by atoms with Crippen molar-refractivity contribution >= 4 is 0 Å². The Morgan fingerprint density at radius 2 is 2.50 bits per heavy atom. The quantitative estimate of drug-likeness (QED) is 0.782. The predicted octanol–water partition coefficient (Wildman–Crippen LogP) is 2.11. The van der Waals surface area contributed by atoms with Crippen molar-refractivity contribution < 1.29 is 4.42 Å². The fraction of sp³-hybridized carbons (Fsp3) is 0.417. The predicted molar refractivity (Wildman–Crippen MR) is 61.9 cm³/mol. The van der Waals surface area contributed by atoms with Crippen molar-refractivity contribution in [2.75, 3.05) is 0 Å². The van der Waals surface area contributed by atoms with Crippen LogP contribution < -0.4 is 5.32 Å². The summed E-state index contributed by atoms with van der Waals surface area (Å²) >= 11 is 0. The van der Waals surface area contributed by atoms with Crippen LogP contribution in [0.1, 0.15) is 24.9 Å². The second-order valence-electron chi connectivity index (χ2n) is 3.81. The molecule has 2 aromatic heterocycles. The number of H-pyrrole nitrogens is 1. The second kappa shape index (κ2) is 5.51. The molecule has 0 aliphatic rings. The van der Waals surface area contributed by atoms with Crippen molar-refractivity contribution in [2.24, 2.45) is 0 Å². The van der Waals surface area contributed by atoms with Gasteiger partial charge in [0.2, 0.25) is 0 Å². The maximum atomic E-state index is 5.34. The number of aromatic nitrogens is 2. The summed E-state index contributed by atoms with van der Waals surface area (Å²) < 4.78 is 5.34. The summed E-state index contributed by atoms with van der Waals surface area (Å²) in [6.07, 6.45) is 7.31. The van der Waals surface area contributed by atoms with Crippen molar-refractivity contribution in [3.63, 3.8) is 0 Å². The fourth-order valence-corrected chi connectivity index (χ4v) is 1.67. The lowest BCUT2D eigenvalue weighted by Gasteiger charge is -2.14. The number of furan rings is 1. The number of hydrogen-bond donors (Lipinski definition) is 2. The average molecular weight is 219 g/mol. The third-order valence-electron chi connectivity index (χ3n) is 2.63. The zero-order chi connectivity index (χ0) is 11.2. The van der Waals surface area contributed by atoms with Crippen LogP contribution in [-0.2, 0) is 13.0 Å². The largest absolute Gasteiger partial charge is 0.469 e. The van der Waals surface area contributed by atoms with E-state index in [2.05, 4.69) is 22.2 Å². The second-order valence-corrected chi connectivity index (χ2v) is 3.81. The number of hydrogen-bond acceptors (Lipinski definition) is 3. The molecule has 0 saturated carbocycles. The highest BCUT2D eigenvalue weighted by molar-refractivity contribution is 5.00. The van der Waals surface area contributed by atoms with Gasteiger partial charge < -0.3 is 14.7 Å². The minimum atomic E-state index is 0.427. The molecule has 16 heavy (non-hydrogen) atoms. The lowest BCUT2D eigenvalue weighted by Crippen LogP contribution is -2.30. The van der Waals surface area contributed by atoms with Crippen molar-refractivity contribution in [2.45, 2.75) is 32.4 Å². The van der Waals surface area contributed by atoms with Crippen LogP contribution >= 0.6 is 0 Å². The highest BCUT2D eigenvalue weighted by atomic mass is 16.3. The molecule has 4 heteroatoms. The van der Waals surface area contributed by atoms with E-state index in [1.54, 1.807) is 12.5 Å². The van der Waals surface area contributed by atoms with Crippen LogP contribution in [0.25, 0.3) is 0 Å². The molecule has 1 atom stereocenters. The van der Waals surface area contributed by atoms with E-state index in [9.17, 15) is 0 Å². The number of nitrogens with one attached hydrogen (secondary N) is 2. The summed E-state index contributed by atoms with van der Waals surface area (Å²) in [6, 6.07) is 4.36. The van der Waals surface area contributed by atoms with Crippen LogP contribution in [0.15, 0.2) is 35.2 Å². The molecule has 0 saturated heterocycles. The summed E-state index contributed by atoms with van der Waals surface area (Å²) in [4.78, 5) is 7.26. The first kappa shape index (κ1) is 11.0. The van der Waals surface area contributed by atoms with Crippen molar-refractivity contribution in [1.82, 2.24) is 15.3 Å². The van der Waals surface area contributed by atoms with Crippen LogP contribution in [-0.4, -0.2) is 16.0 Å². The van der Waals surface area contributed by atoms with Gasteiger partial charge >= 0.3 is 0 Å². The third-order valence-corrected chi connectivity index (χ3v) is 2.63. The van der Waals surface area contributed by atoms with Gasteiger partial charge in [0.1, 0.15) is 11.6 Å². The molecule has 2 aromatic rings. The minimum Gasteiger partial charge on any atom is -0.469 e. The molecule has 2 N–H and O–H groups in total. The molecule has 86 valence electrons. The number of nitrogens with zero attached hydrogens (tertiary/aromatic N) is 1. The molecule has 0 radical (unpaired) electrons. The Morgan fingerprint density at radius 3 is 3.12 bits per heavy atom. The normalized spacial score (nSPS) is 12.8. The molecule has 0 aromatic carbocycles. The zero-order valence-electron chi connectivity index (χ0n) is 9.44.